The number of nitrogens with zero attached hydrogens (tertiary/aromatic N) is 2. The second-order valence-electron chi connectivity index (χ2n) is 10.8. The largest absolute Gasteiger partial charge is 0.443 e. The van der Waals surface area contributed by atoms with Crippen LogP contribution in [-0.2, 0) is 11.3 Å². The van der Waals surface area contributed by atoms with Crippen molar-refractivity contribution < 1.29 is 14.3 Å². The molecular weight excluding hydrogens is 450 g/mol. The van der Waals surface area contributed by atoms with Crippen molar-refractivity contribution in [2.45, 2.75) is 88.4 Å². The number of amides is 2. The second kappa shape index (κ2) is 10.1. The number of rotatable bonds is 6. The topological polar surface area (TPSA) is 61.9 Å². The molecule has 1 heterocycles. The van der Waals surface area contributed by atoms with Gasteiger partial charge in [-0.3, -0.25) is 4.79 Å². The highest BCUT2D eigenvalue weighted by Crippen LogP contribution is 2.39. The number of carbonyl (C=O) groups is 2. The molecule has 0 bridgehead atoms. The van der Waals surface area contributed by atoms with E-state index in [1.165, 1.54) is 41.8 Å². The van der Waals surface area contributed by atoms with Crippen molar-refractivity contribution in [3.8, 4) is 0 Å². The Morgan fingerprint density at radius 2 is 1.61 bits per heavy atom. The Labute approximate surface area is 213 Å². The molecule has 6 nitrogen and oxygen atoms in total. The van der Waals surface area contributed by atoms with Crippen molar-refractivity contribution in [3.05, 3.63) is 83.1 Å². The molecule has 188 valence electrons. The van der Waals surface area contributed by atoms with Gasteiger partial charge in [-0.2, -0.15) is 0 Å². The molecule has 1 N–H and O–H groups in total. The Morgan fingerprint density at radius 3 is 2.33 bits per heavy atom. The summed E-state index contributed by atoms with van der Waals surface area (Å²) in [6, 6.07) is 18.8. The van der Waals surface area contributed by atoms with Crippen LogP contribution >= 0.6 is 0 Å². The summed E-state index contributed by atoms with van der Waals surface area (Å²) in [6.45, 7) is 0.248. The minimum atomic E-state index is -0.394. The SMILES string of the molecule is O=C(OCc1ccccc1)N1C=C2CC(N(C(=O)c3ccc(C4CCCC4)cc3)C3CC3)CCC2N1. The molecule has 36 heavy (non-hydrogen) atoms. The van der Waals surface area contributed by atoms with Gasteiger partial charge in [-0.25, -0.2) is 15.2 Å². The van der Waals surface area contributed by atoms with Crippen molar-refractivity contribution in [2.24, 2.45) is 0 Å². The molecule has 0 aromatic heterocycles. The minimum Gasteiger partial charge on any atom is -0.443 e. The van der Waals surface area contributed by atoms with Crippen molar-refractivity contribution in [2.75, 3.05) is 0 Å². The highest BCUT2D eigenvalue weighted by molar-refractivity contribution is 5.95. The van der Waals surface area contributed by atoms with Crippen LogP contribution in [0.2, 0.25) is 0 Å². The number of ether oxygens (including phenoxy) is 1. The summed E-state index contributed by atoms with van der Waals surface area (Å²) in [6.07, 6.45) is 11.5. The zero-order valence-corrected chi connectivity index (χ0v) is 20.8. The highest BCUT2D eigenvalue weighted by atomic mass is 16.6. The Balaban J connectivity index is 1.11. The number of hydrazine groups is 1. The van der Waals surface area contributed by atoms with E-state index in [1.807, 2.05) is 48.7 Å². The van der Waals surface area contributed by atoms with Crippen LogP contribution in [0, 0.1) is 0 Å². The smallest absolute Gasteiger partial charge is 0.428 e. The molecule has 2 aromatic rings. The van der Waals surface area contributed by atoms with Gasteiger partial charge in [-0.15, -0.1) is 0 Å². The number of carbonyl (C=O) groups excluding carboxylic acids is 2. The molecule has 3 aliphatic carbocycles. The van der Waals surface area contributed by atoms with Gasteiger partial charge < -0.3 is 9.64 Å². The second-order valence-corrected chi connectivity index (χ2v) is 10.8. The van der Waals surface area contributed by atoms with Crippen LogP contribution < -0.4 is 5.43 Å². The molecule has 2 aromatic carbocycles. The van der Waals surface area contributed by atoms with E-state index >= 15 is 0 Å². The normalized spacial score (nSPS) is 23.8. The van der Waals surface area contributed by atoms with Gasteiger partial charge in [0.15, 0.2) is 0 Å². The molecule has 0 radical (unpaired) electrons. The molecule has 3 fully saturated rings. The standard InChI is InChI=1S/C30H35N3O3/c34-29(24-12-10-23(11-13-24)22-8-4-5-9-22)33(26-14-15-26)27-16-17-28-25(18-27)19-32(31-28)30(35)36-20-21-6-2-1-3-7-21/h1-3,6-7,10-13,19,22,26-28,31H,4-5,8-9,14-18,20H2. The van der Waals surface area contributed by atoms with E-state index in [9.17, 15) is 9.59 Å². The van der Waals surface area contributed by atoms with Crippen molar-refractivity contribution in [1.29, 1.82) is 0 Å². The third-order valence-corrected chi connectivity index (χ3v) is 8.25. The molecule has 0 spiro atoms. The van der Waals surface area contributed by atoms with Gasteiger partial charge in [-0.05, 0) is 79.7 Å². The van der Waals surface area contributed by atoms with Gasteiger partial charge in [-0.1, -0.05) is 55.3 Å². The van der Waals surface area contributed by atoms with Crippen LogP contribution in [0.3, 0.4) is 0 Å². The van der Waals surface area contributed by atoms with E-state index in [2.05, 4.69) is 22.5 Å². The first-order valence-corrected chi connectivity index (χ1v) is 13.5. The third kappa shape index (κ3) is 4.92. The fourth-order valence-corrected chi connectivity index (χ4v) is 6.14. The Kier molecular flexibility index (Phi) is 6.53. The molecular formula is C30H35N3O3. The summed E-state index contributed by atoms with van der Waals surface area (Å²) in [5.74, 6) is 0.817. The zero-order valence-electron chi connectivity index (χ0n) is 20.8. The van der Waals surface area contributed by atoms with Crippen LogP contribution in [0.4, 0.5) is 4.79 Å². The summed E-state index contributed by atoms with van der Waals surface area (Å²) in [5.41, 5.74) is 7.61. The number of nitrogens with one attached hydrogen (secondary N) is 1. The zero-order chi connectivity index (χ0) is 24.5. The maximum atomic E-state index is 13.6. The quantitative estimate of drug-likeness (QED) is 0.552. The molecule has 6 rings (SSSR count). The van der Waals surface area contributed by atoms with Gasteiger partial charge in [0.25, 0.3) is 5.91 Å². The predicted molar refractivity (Wildman–Crippen MR) is 138 cm³/mol. The van der Waals surface area contributed by atoms with Crippen molar-refractivity contribution in [3.63, 3.8) is 0 Å². The van der Waals surface area contributed by atoms with E-state index in [0.29, 0.717) is 12.0 Å². The van der Waals surface area contributed by atoms with Crippen LogP contribution in [0.1, 0.15) is 85.2 Å². The first kappa shape index (κ1) is 23.3. The van der Waals surface area contributed by atoms with Gasteiger partial charge in [0.1, 0.15) is 6.61 Å². The minimum absolute atomic E-state index is 0.132. The van der Waals surface area contributed by atoms with Gasteiger partial charge in [0.05, 0.1) is 0 Å². The summed E-state index contributed by atoms with van der Waals surface area (Å²) in [7, 11) is 0. The molecule has 2 unspecified atom stereocenters. The van der Waals surface area contributed by atoms with E-state index in [-0.39, 0.29) is 24.6 Å². The number of benzene rings is 2. The molecule has 6 heteroatoms. The lowest BCUT2D eigenvalue weighted by Gasteiger charge is -2.37. The van der Waals surface area contributed by atoms with Gasteiger partial charge >= 0.3 is 6.09 Å². The van der Waals surface area contributed by atoms with Crippen LogP contribution in [0.5, 0.6) is 0 Å². The highest BCUT2D eigenvalue weighted by Gasteiger charge is 2.42. The van der Waals surface area contributed by atoms with Crippen molar-refractivity contribution in [1.82, 2.24) is 15.3 Å². The summed E-state index contributed by atoms with van der Waals surface area (Å²) in [5, 5.41) is 1.48. The first-order chi connectivity index (χ1) is 17.7. The molecule has 2 atom stereocenters. The summed E-state index contributed by atoms with van der Waals surface area (Å²) in [4.78, 5) is 28.4. The van der Waals surface area contributed by atoms with Gasteiger partial charge in [0, 0.05) is 29.9 Å². The fraction of sp³-hybridized carbons (Fsp3) is 0.467. The van der Waals surface area contributed by atoms with Crippen LogP contribution in [-0.4, -0.2) is 40.0 Å². The average molecular weight is 486 g/mol. The first-order valence-electron chi connectivity index (χ1n) is 13.5. The van der Waals surface area contributed by atoms with Gasteiger partial charge in [0.2, 0.25) is 0 Å². The van der Waals surface area contributed by atoms with E-state index < -0.39 is 6.09 Å². The van der Waals surface area contributed by atoms with E-state index in [4.69, 9.17) is 4.74 Å². The molecule has 3 saturated carbocycles. The maximum Gasteiger partial charge on any atom is 0.428 e. The summed E-state index contributed by atoms with van der Waals surface area (Å²) < 4.78 is 5.50. The third-order valence-electron chi connectivity index (χ3n) is 8.25. The van der Waals surface area contributed by atoms with E-state index in [1.54, 1.807) is 0 Å². The van der Waals surface area contributed by atoms with Crippen LogP contribution in [0.15, 0.2) is 66.4 Å². The predicted octanol–water partition coefficient (Wildman–Crippen LogP) is 5.91. The number of hydrogen-bond donors (Lipinski definition) is 1. The van der Waals surface area contributed by atoms with E-state index in [0.717, 1.165) is 43.2 Å². The fourth-order valence-electron chi connectivity index (χ4n) is 6.14. The maximum absolute atomic E-state index is 13.6. The summed E-state index contributed by atoms with van der Waals surface area (Å²) >= 11 is 0. The lowest BCUT2D eigenvalue weighted by Crippen LogP contribution is -2.47. The molecule has 4 aliphatic rings. The Morgan fingerprint density at radius 1 is 0.889 bits per heavy atom. The van der Waals surface area contributed by atoms with Crippen molar-refractivity contribution >= 4 is 12.0 Å². The Hall–Kier alpha value is -3.12. The monoisotopic (exact) mass is 485 g/mol. The average Bonchev–Trinajstić information content (AvgIpc) is 3.41. The lowest BCUT2D eigenvalue weighted by atomic mass is 9.86. The molecule has 2 amide bonds. The molecule has 0 saturated heterocycles. The number of fused-ring (bicyclic) bond motifs is 1. The number of hydrogen-bond acceptors (Lipinski definition) is 4. The van der Waals surface area contributed by atoms with Crippen LogP contribution in [0.25, 0.3) is 0 Å². The molecule has 1 aliphatic heterocycles. The lowest BCUT2D eigenvalue weighted by molar-refractivity contribution is 0.0625. The Bertz CT molecular complexity index is 1120.